The number of rotatable bonds is 2. The smallest absolute Gasteiger partial charge is 0.411 e. The number of ether oxygens (including phenoxy) is 2. The van der Waals surface area contributed by atoms with Crippen LogP contribution < -0.4 is 4.74 Å². The van der Waals surface area contributed by atoms with Crippen LogP contribution in [0.2, 0.25) is 0 Å². The highest BCUT2D eigenvalue weighted by molar-refractivity contribution is 5.81. The molecule has 1 saturated heterocycles. The molecule has 2 aromatic carbocycles. The molecule has 0 saturated carbocycles. The van der Waals surface area contributed by atoms with Gasteiger partial charge in [0.2, 0.25) is 0 Å². The van der Waals surface area contributed by atoms with E-state index in [0.29, 0.717) is 11.8 Å². The average Bonchev–Trinajstić information content (AvgIpc) is 3.07. The Bertz CT molecular complexity index is 987. The molecular weight excluding hydrogens is 350 g/mol. The lowest BCUT2D eigenvalue weighted by Crippen LogP contribution is -2.35. The van der Waals surface area contributed by atoms with E-state index in [0.717, 1.165) is 5.75 Å². The van der Waals surface area contributed by atoms with E-state index >= 15 is 0 Å². The van der Waals surface area contributed by atoms with Gasteiger partial charge in [-0.1, -0.05) is 42.5 Å². The van der Waals surface area contributed by atoms with Crippen molar-refractivity contribution >= 4 is 11.7 Å². The molecule has 2 bridgehead atoms. The first kappa shape index (κ1) is 17.4. The average molecular weight is 375 g/mol. The van der Waals surface area contributed by atoms with Crippen LogP contribution in [0.1, 0.15) is 49.5 Å². The zero-order valence-electron chi connectivity index (χ0n) is 16.7. The van der Waals surface area contributed by atoms with Gasteiger partial charge in [-0.05, 0) is 55.2 Å². The monoisotopic (exact) mass is 375 g/mol. The highest BCUT2D eigenvalue weighted by Crippen LogP contribution is 2.67. The standard InChI is InChI=1S/C24H25NO3/c1-24(2,3)28-23(26)25-21-16-10-5-6-11-17(16)22(25)20-18(13-19(20)21)14-8-7-9-15(12-14)27-4/h5-13,19-22H,1-4H3. The van der Waals surface area contributed by atoms with Crippen molar-refractivity contribution in [2.45, 2.75) is 38.5 Å². The van der Waals surface area contributed by atoms with Crippen LogP contribution in [-0.4, -0.2) is 23.7 Å². The van der Waals surface area contributed by atoms with E-state index in [2.05, 4.69) is 42.5 Å². The van der Waals surface area contributed by atoms with Gasteiger partial charge in [0.05, 0.1) is 19.2 Å². The molecule has 1 amide bonds. The maximum absolute atomic E-state index is 13.1. The summed E-state index contributed by atoms with van der Waals surface area (Å²) in [7, 11) is 1.69. The predicted molar refractivity (Wildman–Crippen MR) is 108 cm³/mol. The number of fused-ring (bicyclic) bond motifs is 8. The van der Waals surface area contributed by atoms with Gasteiger partial charge in [-0.25, -0.2) is 4.79 Å². The lowest BCUT2D eigenvalue weighted by Gasteiger charge is -2.38. The highest BCUT2D eigenvalue weighted by atomic mass is 16.6. The minimum atomic E-state index is -0.507. The first-order valence-electron chi connectivity index (χ1n) is 9.85. The summed E-state index contributed by atoms with van der Waals surface area (Å²) in [6.07, 6.45) is 2.11. The Morgan fingerprint density at radius 3 is 2.39 bits per heavy atom. The van der Waals surface area contributed by atoms with Crippen molar-refractivity contribution in [1.82, 2.24) is 4.90 Å². The zero-order chi connectivity index (χ0) is 19.6. The van der Waals surface area contributed by atoms with Crippen molar-refractivity contribution in [2.75, 3.05) is 7.11 Å². The van der Waals surface area contributed by atoms with E-state index in [1.165, 1.54) is 22.3 Å². The number of amides is 1. The molecule has 0 radical (unpaired) electrons. The molecule has 3 aliphatic rings. The molecule has 4 atom stereocenters. The normalized spacial score (nSPS) is 26.9. The van der Waals surface area contributed by atoms with Gasteiger partial charge >= 0.3 is 6.09 Å². The van der Waals surface area contributed by atoms with E-state index < -0.39 is 5.60 Å². The van der Waals surface area contributed by atoms with Gasteiger partial charge in [-0.15, -0.1) is 0 Å². The zero-order valence-corrected chi connectivity index (χ0v) is 16.7. The summed E-state index contributed by atoms with van der Waals surface area (Å²) in [5.41, 5.74) is 4.50. The van der Waals surface area contributed by atoms with Crippen LogP contribution in [0.5, 0.6) is 5.75 Å². The van der Waals surface area contributed by atoms with E-state index in [9.17, 15) is 4.79 Å². The maximum Gasteiger partial charge on any atom is 0.411 e. The third-order valence-electron chi connectivity index (χ3n) is 6.09. The van der Waals surface area contributed by atoms with Crippen molar-refractivity contribution in [3.05, 3.63) is 71.3 Å². The third kappa shape index (κ3) is 2.40. The van der Waals surface area contributed by atoms with Gasteiger partial charge in [-0.3, -0.25) is 4.90 Å². The lowest BCUT2D eigenvalue weighted by molar-refractivity contribution is 0.0166. The van der Waals surface area contributed by atoms with Crippen molar-refractivity contribution in [2.24, 2.45) is 11.8 Å². The summed E-state index contributed by atoms with van der Waals surface area (Å²) in [6.45, 7) is 5.76. The lowest BCUT2D eigenvalue weighted by atomic mass is 9.63. The van der Waals surface area contributed by atoms with Crippen LogP contribution in [0.3, 0.4) is 0 Å². The van der Waals surface area contributed by atoms with Crippen molar-refractivity contribution in [3.63, 3.8) is 0 Å². The van der Waals surface area contributed by atoms with Crippen LogP contribution in [0.4, 0.5) is 4.79 Å². The molecule has 144 valence electrons. The molecule has 4 heteroatoms. The van der Waals surface area contributed by atoms with Crippen molar-refractivity contribution in [1.29, 1.82) is 0 Å². The van der Waals surface area contributed by atoms with Crippen molar-refractivity contribution < 1.29 is 14.3 Å². The molecular formula is C24H25NO3. The quantitative estimate of drug-likeness (QED) is 0.708. The Morgan fingerprint density at radius 2 is 1.71 bits per heavy atom. The Labute approximate surface area is 165 Å². The molecule has 2 aliphatic heterocycles. The first-order chi connectivity index (χ1) is 13.4. The number of methoxy groups -OCH3 is 1. The Hall–Kier alpha value is -2.75. The van der Waals surface area contributed by atoms with Crippen LogP contribution in [0, 0.1) is 11.8 Å². The van der Waals surface area contributed by atoms with Gasteiger partial charge in [0, 0.05) is 11.8 Å². The highest BCUT2D eigenvalue weighted by Gasteiger charge is 2.62. The number of nitrogens with zero attached hydrogens (tertiary/aromatic N) is 1. The summed E-state index contributed by atoms with van der Waals surface area (Å²) in [6, 6.07) is 16.7. The second kappa shape index (κ2) is 5.87. The fraction of sp³-hybridized carbons (Fsp3) is 0.375. The number of carbonyl (C=O) groups excluding carboxylic acids is 1. The molecule has 4 nitrogen and oxygen atoms in total. The number of hydrogen-bond donors (Lipinski definition) is 0. The minimum Gasteiger partial charge on any atom is -0.497 e. The summed E-state index contributed by atoms with van der Waals surface area (Å²) < 4.78 is 11.2. The van der Waals surface area contributed by atoms with Gasteiger partial charge < -0.3 is 9.47 Å². The molecule has 0 spiro atoms. The summed E-state index contributed by atoms with van der Waals surface area (Å²) in [4.78, 5) is 15.1. The Morgan fingerprint density at radius 1 is 1.00 bits per heavy atom. The topological polar surface area (TPSA) is 38.8 Å². The number of hydrogen-bond acceptors (Lipinski definition) is 3. The van der Waals surface area contributed by atoms with Crippen LogP contribution >= 0.6 is 0 Å². The summed E-state index contributed by atoms with van der Waals surface area (Å²) >= 11 is 0. The first-order valence-corrected chi connectivity index (χ1v) is 9.85. The van der Waals surface area contributed by atoms with Gasteiger partial charge in [0.15, 0.2) is 0 Å². The Kier molecular flexibility index (Phi) is 3.64. The molecule has 1 aliphatic carbocycles. The molecule has 2 heterocycles. The second-order valence-electron chi connectivity index (χ2n) is 8.86. The molecule has 1 fully saturated rings. The Balaban J connectivity index is 1.54. The third-order valence-corrected chi connectivity index (χ3v) is 6.09. The molecule has 0 N–H and O–H groups in total. The summed E-state index contributed by atoms with van der Waals surface area (Å²) in [5, 5.41) is 0. The number of carbonyl (C=O) groups is 1. The molecule has 28 heavy (non-hydrogen) atoms. The predicted octanol–water partition coefficient (Wildman–Crippen LogP) is 5.37. The molecule has 5 rings (SSSR count). The maximum atomic E-state index is 13.1. The molecule has 2 aromatic rings. The van der Waals surface area contributed by atoms with E-state index in [1.54, 1.807) is 7.11 Å². The van der Waals surface area contributed by atoms with Crippen molar-refractivity contribution in [3.8, 4) is 5.75 Å². The second-order valence-corrected chi connectivity index (χ2v) is 8.86. The van der Waals surface area contributed by atoms with Gasteiger partial charge in [0.25, 0.3) is 0 Å². The largest absolute Gasteiger partial charge is 0.497 e. The van der Waals surface area contributed by atoms with Crippen LogP contribution in [0.15, 0.2) is 54.6 Å². The van der Waals surface area contributed by atoms with Crippen LogP contribution in [-0.2, 0) is 4.74 Å². The molecule has 4 unspecified atom stereocenters. The van der Waals surface area contributed by atoms with E-state index in [4.69, 9.17) is 9.47 Å². The van der Waals surface area contributed by atoms with E-state index in [-0.39, 0.29) is 18.2 Å². The summed E-state index contributed by atoms with van der Waals surface area (Å²) in [5.74, 6) is 1.50. The minimum absolute atomic E-state index is 0.0345. The fourth-order valence-electron chi connectivity index (χ4n) is 5.09. The van der Waals surface area contributed by atoms with E-state index in [1.807, 2.05) is 37.8 Å². The van der Waals surface area contributed by atoms with Gasteiger partial charge in [0.1, 0.15) is 11.4 Å². The number of benzene rings is 2. The van der Waals surface area contributed by atoms with Gasteiger partial charge in [-0.2, -0.15) is 0 Å². The molecule has 0 aromatic heterocycles. The fourth-order valence-corrected chi connectivity index (χ4v) is 5.09. The van der Waals surface area contributed by atoms with Crippen LogP contribution in [0.25, 0.3) is 5.57 Å². The SMILES string of the molecule is COc1cccc(C2=CC3C2C2c4ccccc4C3N2C(=O)OC(C)(C)C)c1.